The van der Waals surface area contributed by atoms with Crippen molar-refractivity contribution in [2.75, 3.05) is 0 Å². The van der Waals surface area contributed by atoms with E-state index in [2.05, 4.69) is 41.8 Å². The number of benzene rings is 4. The molecule has 2 heterocycles. The minimum Gasteiger partial charge on any atom is -0.507 e. The van der Waals surface area contributed by atoms with E-state index in [1.54, 1.807) is 24.3 Å². The Morgan fingerprint density at radius 3 is 1.26 bits per heavy atom. The normalized spacial score (nSPS) is 12.0. The van der Waals surface area contributed by atoms with Crippen molar-refractivity contribution in [1.29, 1.82) is 0 Å². The molecule has 216 valence electrons. The van der Waals surface area contributed by atoms with Crippen molar-refractivity contribution < 1.29 is 36.6 Å². The fourth-order valence-corrected chi connectivity index (χ4v) is 6.38. The van der Waals surface area contributed by atoms with Crippen molar-refractivity contribution in [3.05, 3.63) is 92.9 Å². The highest BCUT2D eigenvalue weighted by Gasteiger charge is 2.31. The lowest BCUT2D eigenvalue weighted by atomic mass is 10.2. The lowest BCUT2D eigenvalue weighted by molar-refractivity contribution is -0.138. The summed E-state index contributed by atoms with van der Waals surface area (Å²) in [4.78, 5) is 8.49. The number of phenolic OH excluding ortho intramolecular Hbond substituents is 2. The summed E-state index contributed by atoms with van der Waals surface area (Å²) in [5, 5.41) is 20.1. The van der Waals surface area contributed by atoms with Crippen LogP contribution in [-0.4, -0.2) is 20.2 Å². The third kappa shape index (κ3) is 6.56. The van der Waals surface area contributed by atoms with Gasteiger partial charge in [0.15, 0.2) is 0 Å². The van der Waals surface area contributed by atoms with E-state index >= 15 is 0 Å². The predicted molar refractivity (Wildman–Crippen MR) is 159 cm³/mol. The Hall–Kier alpha value is -3.20. The van der Waals surface area contributed by atoms with E-state index in [4.69, 9.17) is 0 Å². The van der Waals surface area contributed by atoms with Crippen LogP contribution < -0.4 is 0 Å². The first-order chi connectivity index (χ1) is 19.7. The molecule has 0 amide bonds. The molecule has 0 spiro atoms. The summed E-state index contributed by atoms with van der Waals surface area (Å²) in [5.41, 5.74) is 0.671. The first-order valence-electron chi connectivity index (χ1n) is 11.6. The molecule has 14 heteroatoms. The van der Waals surface area contributed by atoms with Crippen LogP contribution in [0.2, 0.25) is 0 Å². The Morgan fingerprint density at radius 2 is 0.929 bits per heavy atom. The number of halogens is 8. The molecule has 2 N–H and O–H groups in total. The zero-order chi connectivity index (χ0) is 30.4. The van der Waals surface area contributed by atoms with Gasteiger partial charge in [-0.15, -0.1) is 22.7 Å². The van der Waals surface area contributed by atoms with E-state index in [1.165, 1.54) is 46.9 Å². The summed E-state index contributed by atoms with van der Waals surface area (Å²) in [5.74, 6) is 0.193. The predicted octanol–water partition coefficient (Wildman–Crippen LogP) is 10.9. The molecule has 6 aromatic rings. The zero-order valence-electron chi connectivity index (χ0n) is 20.6. The highest BCUT2D eigenvalue weighted by Crippen LogP contribution is 2.38. The minimum atomic E-state index is -4.38. The number of thiazole rings is 2. The lowest BCUT2D eigenvalue weighted by Crippen LogP contribution is -2.03. The van der Waals surface area contributed by atoms with Gasteiger partial charge in [-0.25, -0.2) is 9.97 Å². The molecule has 42 heavy (non-hydrogen) atoms. The molecule has 0 aliphatic heterocycles. The van der Waals surface area contributed by atoms with E-state index in [-0.39, 0.29) is 11.5 Å². The Bertz CT molecular complexity index is 1800. The number of alkyl halides is 6. The van der Waals surface area contributed by atoms with E-state index in [1.807, 2.05) is 0 Å². The van der Waals surface area contributed by atoms with E-state index in [0.29, 0.717) is 39.4 Å². The fraction of sp³-hybridized carbons (Fsp3) is 0.0714. The number of hydrogen-bond donors (Lipinski definition) is 2. The van der Waals surface area contributed by atoms with Gasteiger partial charge in [-0.05, 0) is 105 Å². The van der Waals surface area contributed by atoms with Crippen molar-refractivity contribution in [3.63, 3.8) is 0 Å². The summed E-state index contributed by atoms with van der Waals surface area (Å²) in [6.07, 6.45) is -8.75. The van der Waals surface area contributed by atoms with Crippen LogP contribution in [0, 0.1) is 0 Å². The lowest BCUT2D eigenvalue weighted by Gasteiger charge is -2.04. The molecule has 2 aromatic heterocycles. The average molecular weight is 748 g/mol. The number of fused-ring (bicyclic) bond motifs is 2. The Balaban J connectivity index is 0.000000168. The van der Waals surface area contributed by atoms with Crippen LogP contribution in [0.5, 0.6) is 11.5 Å². The summed E-state index contributed by atoms with van der Waals surface area (Å²) in [6, 6.07) is 16.8. The first-order valence-corrected chi connectivity index (χ1v) is 14.8. The van der Waals surface area contributed by atoms with Crippen molar-refractivity contribution >= 4 is 75.0 Å². The zero-order valence-corrected chi connectivity index (χ0v) is 25.4. The second-order valence-electron chi connectivity index (χ2n) is 8.73. The molecule has 0 saturated carbocycles. The first kappa shape index (κ1) is 30.3. The number of aromatic nitrogens is 2. The largest absolute Gasteiger partial charge is 0.507 e. The van der Waals surface area contributed by atoms with Gasteiger partial charge in [0.1, 0.15) is 21.5 Å². The Labute approximate surface area is 258 Å². The smallest absolute Gasteiger partial charge is 0.416 e. The maximum Gasteiger partial charge on any atom is 0.416 e. The summed E-state index contributed by atoms with van der Waals surface area (Å²) in [6.45, 7) is 0. The van der Waals surface area contributed by atoms with E-state index in [9.17, 15) is 36.6 Å². The van der Waals surface area contributed by atoms with Crippen LogP contribution in [0.15, 0.2) is 81.7 Å². The van der Waals surface area contributed by atoms with Gasteiger partial charge in [0, 0.05) is 11.1 Å². The topological polar surface area (TPSA) is 66.2 Å². The van der Waals surface area contributed by atoms with Crippen molar-refractivity contribution in [2.24, 2.45) is 0 Å². The second kappa shape index (κ2) is 11.5. The van der Waals surface area contributed by atoms with Crippen molar-refractivity contribution in [1.82, 2.24) is 9.97 Å². The highest BCUT2D eigenvalue weighted by molar-refractivity contribution is 9.10. The summed E-state index contributed by atoms with van der Waals surface area (Å²) in [7, 11) is 0. The van der Waals surface area contributed by atoms with Gasteiger partial charge >= 0.3 is 12.4 Å². The van der Waals surface area contributed by atoms with Gasteiger partial charge in [0.2, 0.25) is 0 Å². The highest BCUT2D eigenvalue weighted by atomic mass is 79.9. The van der Waals surface area contributed by atoms with Crippen LogP contribution in [0.1, 0.15) is 11.1 Å². The maximum absolute atomic E-state index is 12.7. The SMILES string of the molecule is Oc1ccc(-c2nc3cc(C(F)(F)F)ccc3s2)cc1Br.Oc1ccc(-c2nc3cc(C(F)(F)F)ccc3s2)cc1Br. The van der Waals surface area contributed by atoms with Crippen LogP contribution in [-0.2, 0) is 12.4 Å². The molecule has 4 aromatic carbocycles. The third-order valence-electron chi connectivity index (χ3n) is 5.82. The molecule has 0 aliphatic carbocycles. The standard InChI is InChI=1S/2C14H7BrF3NOS/c2*15-9-5-7(1-3-11(9)20)13-19-10-6-8(14(16,17)18)2-4-12(10)21-13/h2*1-6,20H. The van der Waals surface area contributed by atoms with Crippen LogP contribution in [0.25, 0.3) is 41.6 Å². The Kier molecular flexibility index (Phi) is 8.27. The molecular formula is C28H14Br2F6N2O2S2. The van der Waals surface area contributed by atoms with E-state index in [0.717, 1.165) is 35.4 Å². The average Bonchev–Trinajstić information content (AvgIpc) is 3.55. The molecule has 0 atom stereocenters. The molecule has 0 unspecified atom stereocenters. The van der Waals surface area contributed by atoms with Gasteiger partial charge in [0.05, 0.1) is 40.5 Å². The quantitative estimate of drug-likeness (QED) is 0.173. The minimum absolute atomic E-state index is 0.0965. The third-order valence-corrected chi connectivity index (χ3v) is 9.26. The van der Waals surface area contributed by atoms with E-state index < -0.39 is 23.5 Å². The molecule has 0 saturated heterocycles. The number of nitrogens with zero attached hydrogens (tertiary/aromatic N) is 2. The Morgan fingerprint density at radius 1 is 0.548 bits per heavy atom. The molecule has 0 radical (unpaired) electrons. The number of hydrogen-bond acceptors (Lipinski definition) is 6. The van der Waals surface area contributed by atoms with Crippen molar-refractivity contribution in [3.8, 4) is 32.6 Å². The molecule has 0 bridgehead atoms. The molecule has 6 rings (SSSR count). The summed E-state index contributed by atoms with van der Waals surface area (Å²) < 4.78 is 78.5. The number of phenols is 2. The number of aromatic hydroxyl groups is 2. The van der Waals surface area contributed by atoms with Crippen LogP contribution in [0.3, 0.4) is 0 Å². The molecule has 0 fully saturated rings. The van der Waals surface area contributed by atoms with Gasteiger partial charge in [-0.2, -0.15) is 26.3 Å². The summed E-state index contributed by atoms with van der Waals surface area (Å²) >= 11 is 9.01. The fourth-order valence-electron chi connectivity index (χ4n) is 3.73. The molecular weight excluding hydrogens is 734 g/mol. The van der Waals surface area contributed by atoms with Gasteiger partial charge in [0.25, 0.3) is 0 Å². The number of rotatable bonds is 2. The van der Waals surface area contributed by atoms with Gasteiger partial charge < -0.3 is 10.2 Å². The maximum atomic E-state index is 12.7. The molecule has 0 aliphatic rings. The monoisotopic (exact) mass is 746 g/mol. The van der Waals surface area contributed by atoms with Crippen molar-refractivity contribution in [2.45, 2.75) is 12.4 Å². The molecule has 4 nitrogen and oxygen atoms in total. The van der Waals surface area contributed by atoms with Crippen LogP contribution in [0.4, 0.5) is 26.3 Å². The van der Waals surface area contributed by atoms with Crippen LogP contribution >= 0.6 is 54.5 Å². The van der Waals surface area contributed by atoms with Gasteiger partial charge in [-0.1, -0.05) is 0 Å². The second-order valence-corrected chi connectivity index (χ2v) is 12.5. The van der Waals surface area contributed by atoms with Gasteiger partial charge in [-0.3, -0.25) is 0 Å².